The molecule has 0 saturated heterocycles. The van der Waals surface area contributed by atoms with Gasteiger partial charge in [-0.3, -0.25) is 0 Å². The van der Waals surface area contributed by atoms with Crippen LogP contribution in [0.1, 0.15) is 20.6 Å². The molecule has 0 aliphatic rings. The van der Waals surface area contributed by atoms with Crippen molar-refractivity contribution in [1.29, 1.82) is 0 Å². The Morgan fingerprint density at radius 2 is 0.378 bits per heavy atom. The summed E-state index contributed by atoms with van der Waals surface area (Å²) < 4.78 is 148. The minimum atomic E-state index is -0.409. The molecule has 3 aromatic heterocycles. The molecular weight excluding hydrogens is 1630 g/mol. The van der Waals surface area contributed by atoms with Crippen molar-refractivity contribution in [3.63, 3.8) is 0 Å². The van der Waals surface area contributed by atoms with E-state index in [2.05, 4.69) is 212 Å². The van der Waals surface area contributed by atoms with Crippen LogP contribution in [-0.4, -0.2) is 0 Å². The Morgan fingerprint density at radius 1 is 0.126 bits per heavy atom. The Bertz CT molecular complexity index is 9960. The first-order valence-corrected chi connectivity index (χ1v) is 45.1. The summed E-state index contributed by atoms with van der Waals surface area (Å²) in [6, 6.07) is 137. The third kappa shape index (κ3) is 14.1. The molecule has 3 heteroatoms. The molecule has 27 aromatic rings. The van der Waals surface area contributed by atoms with Crippen molar-refractivity contribution >= 4 is 130 Å². The SMILES string of the molecule is [2H]c1c([2H])c([2H])c(-c2c3ccccc3c(-c3cccc4oc5cc(-c6ccccc6)ccc5c34)c3ccccc23)c([2H])c1[2H].[2H]c1c([2H])c([2H])c(-c2c3ccccc3c(-c3cccc4oc5ccc(-c6ccc(-c7ccccc7)cc6)cc5c34)c3ccccc23)c([2H])c1[2H].[2H]c1c([2H])c([2H])c(-c2c3ccccc3c(-c3cccc4oc5cccc(-c6cc(-c7ccccc7)cc(-c7ccccc7)c6)c5c34)c3ccccc23)c([2H])c1[2H]. The van der Waals surface area contributed by atoms with E-state index in [1.807, 2.05) is 206 Å². The highest BCUT2D eigenvalue weighted by Crippen LogP contribution is 2.53. The van der Waals surface area contributed by atoms with Crippen molar-refractivity contribution < 1.29 is 33.8 Å². The number of rotatable bonds is 12. The minimum absolute atomic E-state index is 0.191. The second kappa shape index (κ2) is 33.9. The molecule has 0 fully saturated rings. The lowest BCUT2D eigenvalue weighted by atomic mass is 9.84. The summed E-state index contributed by atoms with van der Waals surface area (Å²) in [5, 5.41) is 16.4. The van der Waals surface area contributed by atoms with E-state index >= 15 is 0 Å². The monoisotopic (exact) mass is 1730 g/mol. The molecule has 0 radical (unpaired) electrons. The molecule has 3 heterocycles. The van der Waals surface area contributed by atoms with Crippen molar-refractivity contribution in [3.05, 3.63) is 509 Å². The van der Waals surface area contributed by atoms with Crippen LogP contribution in [0.2, 0.25) is 0 Å². The van der Waals surface area contributed by atoms with E-state index < -0.39 is 18.1 Å². The maximum absolute atomic E-state index is 8.98. The van der Waals surface area contributed by atoms with E-state index in [4.69, 9.17) is 33.8 Å². The average molecular weight is 1730 g/mol. The van der Waals surface area contributed by atoms with Gasteiger partial charge in [0.25, 0.3) is 0 Å². The van der Waals surface area contributed by atoms with Crippen LogP contribution in [0.5, 0.6) is 0 Å². The third-order valence-corrected chi connectivity index (χ3v) is 26.3. The highest BCUT2D eigenvalue weighted by atomic mass is 16.3. The Balaban J connectivity index is 0.000000117. The van der Waals surface area contributed by atoms with Gasteiger partial charge in [-0.15, -0.1) is 0 Å². The third-order valence-electron chi connectivity index (χ3n) is 26.3. The molecule has 0 saturated carbocycles. The molecule has 135 heavy (non-hydrogen) atoms. The quantitative estimate of drug-likeness (QED) is 0.114. The van der Waals surface area contributed by atoms with Crippen LogP contribution >= 0.6 is 0 Å². The van der Waals surface area contributed by atoms with E-state index in [0.717, 1.165) is 225 Å². The van der Waals surface area contributed by atoms with Crippen molar-refractivity contribution in [2.24, 2.45) is 0 Å². The lowest BCUT2D eigenvalue weighted by Gasteiger charge is -2.18. The number of fused-ring (bicyclic) bond motifs is 15. The second-order valence-corrected chi connectivity index (χ2v) is 33.8. The zero-order chi connectivity index (χ0) is 102. The van der Waals surface area contributed by atoms with Crippen LogP contribution in [0.3, 0.4) is 0 Å². The van der Waals surface area contributed by atoms with Crippen LogP contribution in [0, 0.1) is 0 Å². The van der Waals surface area contributed by atoms with Gasteiger partial charge >= 0.3 is 0 Å². The molecule has 630 valence electrons. The van der Waals surface area contributed by atoms with Crippen LogP contribution in [0.25, 0.3) is 264 Å². The number of hydrogen-bond donors (Lipinski definition) is 0. The molecule has 3 nitrogen and oxygen atoms in total. The predicted molar refractivity (Wildman–Crippen MR) is 571 cm³/mol. The van der Waals surface area contributed by atoms with E-state index in [1.54, 1.807) is 0 Å². The summed E-state index contributed by atoms with van der Waals surface area (Å²) >= 11 is 0. The fourth-order valence-corrected chi connectivity index (χ4v) is 20.4. The normalized spacial score (nSPS) is 13.1. The summed E-state index contributed by atoms with van der Waals surface area (Å²) in [7, 11) is 0. The van der Waals surface area contributed by atoms with Gasteiger partial charge in [0.05, 0.1) is 20.6 Å². The predicted octanol–water partition coefficient (Wildman–Crippen LogP) is 37.7. The van der Waals surface area contributed by atoms with Crippen molar-refractivity contribution in [1.82, 2.24) is 0 Å². The van der Waals surface area contributed by atoms with Gasteiger partial charge in [-0.1, -0.05) is 442 Å². The topological polar surface area (TPSA) is 39.4 Å². The smallest absolute Gasteiger partial charge is 0.136 e. The molecule has 27 rings (SSSR count). The molecule has 0 atom stereocenters. The number of benzene rings is 24. The minimum Gasteiger partial charge on any atom is -0.456 e. The standard InChI is InChI=1S/C50H32O.C44H28O.C38H24O/c1-4-16-33(17-5-1)36-30-37(34-18-6-2-7-19-34)32-38(31-36)39-26-14-28-45-49(39)50-44(27-15-29-46(50)51-45)48-42-24-12-10-22-40(42)47(35-20-8-3-9-21-35)41-23-11-13-25-43(41)48;1-3-12-29(13-4-1)30-22-24-31(25-23-30)33-26-27-40-39(28-33)44-38(20-11-21-41(44)45-40)43-36-18-9-7-16-34(36)42(32-14-5-2-6-15-32)35-17-8-10-19-37(35)43;1-3-12-25(13-4-1)27-22-23-32-35(24-27)39-34-21-11-20-33(38(32)34)37-30-18-9-7-16-28(30)36(26-14-5-2-6-15-26)29-17-8-10-19-31(29)37/h1-32H;1-28H;1-24H/i3D,8D,9D,20D,21D;2*2D,5D,6D,14D,15D. The van der Waals surface area contributed by atoms with Gasteiger partial charge in [-0.2, -0.15) is 0 Å². The molecular formula is C132H84O3. The summed E-state index contributed by atoms with van der Waals surface area (Å²) in [5.74, 6) is 0. The van der Waals surface area contributed by atoms with Gasteiger partial charge in [0.15, 0.2) is 0 Å². The molecule has 0 spiro atoms. The Morgan fingerprint density at radius 3 is 0.756 bits per heavy atom. The molecule has 0 aliphatic heterocycles. The van der Waals surface area contributed by atoms with E-state index in [0.29, 0.717) is 16.7 Å². The van der Waals surface area contributed by atoms with Crippen LogP contribution in [0.15, 0.2) is 522 Å². The Hall–Kier alpha value is -17.8. The van der Waals surface area contributed by atoms with E-state index in [-0.39, 0.29) is 89.2 Å². The van der Waals surface area contributed by atoms with Gasteiger partial charge in [0.2, 0.25) is 0 Å². The summed E-state index contributed by atoms with van der Waals surface area (Å²) in [6.07, 6.45) is 0. The first kappa shape index (κ1) is 64.9. The zero-order valence-electron chi connectivity index (χ0n) is 87.6. The molecule has 0 amide bonds. The Kier molecular flexibility index (Phi) is 16.3. The summed E-state index contributed by atoms with van der Waals surface area (Å²) in [4.78, 5) is 0. The highest BCUT2D eigenvalue weighted by Gasteiger charge is 2.27. The van der Waals surface area contributed by atoms with Gasteiger partial charge in [0, 0.05) is 32.3 Å². The lowest BCUT2D eigenvalue weighted by Crippen LogP contribution is -1.91. The first-order valence-electron chi connectivity index (χ1n) is 52.6. The van der Waals surface area contributed by atoms with Gasteiger partial charge < -0.3 is 13.3 Å². The van der Waals surface area contributed by atoms with Crippen molar-refractivity contribution in [2.45, 2.75) is 0 Å². The van der Waals surface area contributed by atoms with Gasteiger partial charge in [0.1, 0.15) is 33.5 Å². The van der Waals surface area contributed by atoms with Crippen molar-refractivity contribution in [3.8, 4) is 134 Å². The highest BCUT2D eigenvalue weighted by molar-refractivity contribution is 6.30. The maximum atomic E-state index is 8.98. The fourth-order valence-electron chi connectivity index (χ4n) is 20.4. The fraction of sp³-hybridized carbons (Fsp3) is 0. The molecule has 0 aliphatic carbocycles. The summed E-state index contributed by atoms with van der Waals surface area (Å²) in [6.45, 7) is 0. The van der Waals surface area contributed by atoms with Crippen LogP contribution in [-0.2, 0) is 0 Å². The van der Waals surface area contributed by atoms with E-state index in [1.165, 1.54) is 5.56 Å². The summed E-state index contributed by atoms with van der Waals surface area (Å²) in [5.41, 5.74) is 26.5. The van der Waals surface area contributed by atoms with Gasteiger partial charge in [-0.25, -0.2) is 0 Å². The zero-order valence-corrected chi connectivity index (χ0v) is 72.6. The van der Waals surface area contributed by atoms with Crippen LogP contribution < -0.4 is 0 Å². The maximum Gasteiger partial charge on any atom is 0.136 e. The second-order valence-electron chi connectivity index (χ2n) is 33.8. The number of hydrogen-bond acceptors (Lipinski definition) is 3. The molecule has 0 unspecified atom stereocenters. The average Bonchev–Trinajstić information content (AvgIpc) is 1.08. The largest absolute Gasteiger partial charge is 0.456 e. The molecule has 0 N–H and O–H groups in total. The molecule has 0 bridgehead atoms. The van der Waals surface area contributed by atoms with Crippen LogP contribution in [0.4, 0.5) is 0 Å². The van der Waals surface area contributed by atoms with E-state index in [9.17, 15) is 0 Å². The lowest BCUT2D eigenvalue weighted by molar-refractivity contribution is 0.668. The molecule has 24 aromatic carbocycles. The van der Waals surface area contributed by atoms with Gasteiger partial charge in [-0.05, 0) is 265 Å². The first-order chi connectivity index (χ1) is 73.2. The van der Waals surface area contributed by atoms with Crippen molar-refractivity contribution in [2.75, 3.05) is 0 Å². The Labute approximate surface area is 802 Å². The number of furan rings is 3.